The molecule has 4 aromatic carbocycles. The molecule has 0 spiro atoms. The van der Waals surface area contributed by atoms with E-state index in [0.29, 0.717) is 0 Å². The molecule has 0 saturated carbocycles. The number of fused-ring (bicyclic) bond motifs is 6. The van der Waals surface area contributed by atoms with Crippen molar-refractivity contribution in [3.05, 3.63) is 164 Å². The fourth-order valence-electron chi connectivity index (χ4n) is 6.98. The van der Waals surface area contributed by atoms with Gasteiger partial charge in [-0.3, -0.25) is 9.97 Å². The number of aromatic nitrogens is 5. The molecule has 0 aliphatic carbocycles. The van der Waals surface area contributed by atoms with Gasteiger partial charge in [-0.25, -0.2) is 15.0 Å². The molecule has 0 unspecified atom stereocenters. The SMILES string of the molecule is c1ccc(-c2ccc3ccc4ccc(-c5ccc(-c6nc7ccccc7c7sc(-c8cccnc8)c(-c8cccnc8)c67)cc5)nc4c3n2)cc1. The Balaban J connectivity index is 1.14. The fraction of sp³-hybridized carbons (Fsp3) is 0. The van der Waals surface area contributed by atoms with Crippen LogP contribution in [0.5, 0.6) is 0 Å². The molecule has 6 heteroatoms. The molecule has 10 rings (SSSR count). The standard InChI is InChI=1S/C45H27N5S/c1-2-8-28(9-3-1)36-22-20-31-18-19-32-21-23-37(49-43(32)42(31)48-36)29-14-16-30(17-15-29)41-40-39(33-10-6-24-46-26-33)44(34-11-7-25-47-27-34)51-45(40)35-12-4-5-13-38(35)50-41/h1-27H. The van der Waals surface area contributed by atoms with E-state index >= 15 is 0 Å². The van der Waals surface area contributed by atoms with Crippen LogP contribution in [0.25, 0.3) is 98.1 Å². The molecular weight excluding hydrogens is 643 g/mol. The van der Waals surface area contributed by atoms with Crippen LogP contribution in [-0.4, -0.2) is 24.9 Å². The summed E-state index contributed by atoms with van der Waals surface area (Å²) in [5.74, 6) is 0. The van der Waals surface area contributed by atoms with Crippen molar-refractivity contribution in [1.29, 1.82) is 0 Å². The van der Waals surface area contributed by atoms with E-state index in [2.05, 4.69) is 119 Å². The van der Waals surface area contributed by atoms with Crippen molar-refractivity contribution in [2.45, 2.75) is 0 Å². The molecule has 0 aliphatic heterocycles. The van der Waals surface area contributed by atoms with E-state index in [0.717, 1.165) is 93.4 Å². The number of pyridine rings is 5. The largest absolute Gasteiger partial charge is 0.264 e. The van der Waals surface area contributed by atoms with Crippen molar-refractivity contribution in [3.8, 4) is 55.3 Å². The normalized spacial score (nSPS) is 11.5. The lowest BCUT2D eigenvalue weighted by molar-refractivity contribution is 1.33. The van der Waals surface area contributed by atoms with Crippen molar-refractivity contribution in [3.63, 3.8) is 0 Å². The highest BCUT2D eigenvalue weighted by molar-refractivity contribution is 7.24. The molecule has 5 nitrogen and oxygen atoms in total. The lowest BCUT2D eigenvalue weighted by Gasteiger charge is -2.11. The molecule has 0 aliphatic rings. The Labute approximate surface area is 297 Å². The molecule has 6 heterocycles. The lowest BCUT2D eigenvalue weighted by atomic mass is 9.95. The third kappa shape index (κ3) is 5.04. The highest BCUT2D eigenvalue weighted by Crippen LogP contribution is 2.49. The van der Waals surface area contributed by atoms with Gasteiger partial charge >= 0.3 is 0 Å². The predicted molar refractivity (Wildman–Crippen MR) is 210 cm³/mol. The van der Waals surface area contributed by atoms with Gasteiger partial charge in [0.25, 0.3) is 0 Å². The quantitative estimate of drug-likeness (QED) is 0.171. The second-order valence-electron chi connectivity index (χ2n) is 12.5. The first-order chi connectivity index (χ1) is 25.3. The number of benzene rings is 4. The highest BCUT2D eigenvalue weighted by Gasteiger charge is 2.23. The summed E-state index contributed by atoms with van der Waals surface area (Å²) in [4.78, 5) is 25.8. The third-order valence-electron chi connectivity index (χ3n) is 9.44. The first-order valence-corrected chi connectivity index (χ1v) is 17.6. The summed E-state index contributed by atoms with van der Waals surface area (Å²) >= 11 is 1.79. The van der Waals surface area contributed by atoms with Crippen LogP contribution in [0.2, 0.25) is 0 Å². The maximum absolute atomic E-state index is 5.32. The number of para-hydroxylation sites is 1. The van der Waals surface area contributed by atoms with Crippen molar-refractivity contribution in [2.24, 2.45) is 0 Å². The number of thiophene rings is 1. The van der Waals surface area contributed by atoms with Gasteiger partial charge in [-0.15, -0.1) is 11.3 Å². The summed E-state index contributed by atoms with van der Waals surface area (Å²) < 4.78 is 1.20. The second-order valence-corrected chi connectivity index (χ2v) is 13.5. The van der Waals surface area contributed by atoms with Crippen molar-refractivity contribution >= 4 is 54.1 Å². The molecule has 0 radical (unpaired) electrons. The predicted octanol–water partition coefficient (Wildman–Crippen LogP) is 11.7. The number of nitrogens with zero attached hydrogens (tertiary/aromatic N) is 5. The molecule has 238 valence electrons. The van der Waals surface area contributed by atoms with Gasteiger partial charge in [0, 0.05) is 89.3 Å². The van der Waals surface area contributed by atoms with Gasteiger partial charge in [0.2, 0.25) is 0 Å². The van der Waals surface area contributed by atoms with E-state index < -0.39 is 0 Å². The van der Waals surface area contributed by atoms with E-state index in [9.17, 15) is 0 Å². The topological polar surface area (TPSA) is 64.5 Å². The van der Waals surface area contributed by atoms with Crippen LogP contribution in [0.1, 0.15) is 0 Å². The molecule has 10 aromatic rings. The van der Waals surface area contributed by atoms with E-state index in [-0.39, 0.29) is 0 Å². The van der Waals surface area contributed by atoms with Crippen LogP contribution in [0.3, 0.4) is 0 Å². The minimum Gasteiger partial charge on any atom is -0.264 e. The summed E-state index contributed by atoms with van der Waals surface area (Å²) in [6.45, 7) is 0. The minimum absolute atomic E-state index is 0.895. The van der Waals surface area contributed by atoms with E-state index in [1.807, 2.05) is 55.1 Å². The van der Waals surface area contributed by atoms with Crippen LogP contribution >= 0.6 is 11.3 Å². The van der Waals surface area contributed by atoms with Crippen molar-refractivity contribution in [1.82, 2.24) is 24.9 Å². The summed E-state index contributed by atoms with van der Waals surface area (Å²) in [7, 11) is 0. The highest BCUT2D eigenvalue weighted by atomic mass is 32.1. The maximum Gasteiger partial charge on any atom is 0.0972 e. The average molecular weight is 670 g/mol. The van der Waals surface area contributed by atoms with Gasteiger partial charge in [0.1, 0.15) is 0 Å². The number of rotatable bonds is 5. The van der Waals surface area contributed by atoms with Crippen LogP contribution in [0.15, 0.2) is 164 Å². The van der Waals surface area contributed by atoms with E-state index in [1.54, 1.807) is 11.3 Å². The monoisotopic (exact) mass is 669 g/mol. The summed E-state index contributed by atoms with van der Waals surface area (Å²) in [5.41, 5.74) is 11.9. The maximum atomic E-state index is 5.32. The Kier molecular flexibility index (Phi) is 6.93. The Hall–Kier alpha value is -6.63. The third-order valence-corrected chi connectivity index (χ3v) is 10.7. The van der Waals surface area contributed by atoms with Gasteiger partial charge in [0.05, 0.1) is 33.6 Å². The van der Waals surface area contributed by atoms with Crippen molar-refractivity contribution < 1.29 is 0 Å². The molecule has 51 heavy (non-hydrogen) atoms. The van der Waals surface area contributed by atoms with Gasteiger partial charge in [-0.2, -0.15) is 0 Å². The second kappa shape index (κ2) is 12.1. The molecule has 0 fully saturated rings. The Morgan fingerprint density at radius 1 is 0.431 bits per heavy atom. The molecule has 0 saturated heterocycles. The Bertz CT molecular complexity index is 2890. The summed E-state index contributed by atoms with van der Waals surface area (Å²) in [6.07, 6.45) is 7.51. The molecule has 0 atom stereocenters. The van der Waals surface area contributed by atoms with Gasteiger partial charge < -0.3 is 0 Å². The Morgan fingerprint density at radius 2 is 1.00 bits per heavy atom. The zero-order valence-electron chi connectivity index (χ0n) is 27.2. The molecule has 6 aromatic heterocycles. The van der Waals surface area contributed by atoms with Gasteiger partial charge in [-0.1, -0.05) is 109 Å². The summed E-state index contributed by atoms with van der Waals surface area (Å²) in [6, 6.07) is 48.3. The van der Waals surface area contributed by atoms with Gasteiger partial charge in [0.15, 0.2) is 0 Å². The zero-order chi connectivity index (χ0) is 33.7. The van der Waals surface area contributed by atoms with Gasteiger partial charge in [-0.05, 0) is 30.3 Å². The van der Waals surface area contributed by atoms with E-state index in [1.165, 1.54) is 4.70 Å². The molecule has 0 amide bonds. The number of hydrogen-bond acceptors (Lipinski definition) is 6. The first kappa shape index (κ1) is 29.3. The molecule has 0 bridgehead atoms. The van der Waals surface area contributed by atoms with Crippen LogP contribution in [0, 0.1) is 0 Å². The number of hydrogen-bond donors (Lipinski definition) is 0. The summed E-state index contributed by atoms with van der Waals surface area (Å²) in [5, 5.41) is 4.39. The Morgan fingerprint density at radius 3 is 1.67 bits per heavy atom. The van der Waals surface area contributed by atoms with E-state index in [4.69, 9.17) is 15.0 Å². The lowest BCUT2D eigenvalue weighted by Crippen LogP contribution is -1.92. The minimum atomic E-state index is 0.895. The van der Waals surface area contributed by atoms with Crippen LogP contribution in [-0.2, 0) is 0 Å². The molecular formula is C45H27N5S. The van der Waals surface area contributed by atoms with Crippen LogP contribution < -0.4 is 0 Å². The molecule has 0 N–H and O–H groups in total. The zero-order valence-corrected chi connectivity index (χ0v) is 28.0. The smallest absolute Gasteiger partial charge is 0.0972 e. The fourth-order valence-corrected chi connectivity index (χ4v) is 8.33. The first-order valence-electron chi connectivity index (χ1n) is 16.8. The van der Waals surface area contributed by atoms with Crippen LogP contribution in [0.4, 0.5) is 0 Å². The average Bonchev–Trinajstić information content (AvgIpc) is 3.62. The van der Waals surface area contributed by atoms with Crippen molar-refractivity contribution in [2.75, 3.05) is 0 Å².